The molecule has 1 aliphatic heterocycles. The van der Waals surface area contributed by atoms with Gasteiger partial charge in [-0.1, -0.05) is 24.3 Å². The molecule has 25 heavy (non-hydrogen) atoms. The Bertz CT molecular complexity index is 806. The summed E-state index contributed by atoms with van der Waals surface area (Å²) in [5, 5.41) is 13.9. The topological polar surface area (TPSA) is 90.7 Å². The van der Waals surface area contributed by atoms with Crippen LogP contribution < -0.4 is 14.8 Å². The van der Waals surface area contributed by atoms with E-state index in [0.717, 1.165) is 5.56 Å². The molecule has 0 saturated heterocycles. The van der Waals surface area contributed by atoms with Crippen LogP contribution in [0.4, 0.5) is 5.69 Å². The fraction of sp³-hybridized carbons (Fsp3) is 0.278. The normalized spacial score (nSPS) is 13.8. The quantitative estimate of drug-likeness (QED) is 0.666. The van der Waals surface area contributed by atoms with Crippen molar-refractivity contribution in [2.75, 3.05) is 13.2 Å². The number of amides is 1. The van der Waals surface area contributed by atoms with Gasteiger partial charge in [-0.05, 0) is 24.6 Å². The summed E-state index contributed by atoms with van der Waals surface area (Å²) in [6, 6.07) is 11.5. The highest BCUT2D eigenvalue weighted by Gasteiger charge is 2.18. The number of ether oxygens (including phenoxy) is 2. The second-order valence-electron chi connectivity index (χ2n) is 5.75. The Labute approximate surface area is 144 Å². The largest absolute Gasteiger partial charge is 0.486 e. The van der Waals surface area contributed by atoms with Gasteiger partial charge in [-0.3, -0.25) is 14.9 Å². The smallest absolute Gasteiger partial charge is 0.273 e. The van der Waals surface area contributed by atoms with Gasteiger partial charge in [0.1, 0.15) is 13.2 Å². The van der Waals surface area contributed by atoms with Gasteiger partial charge in [-0.25, -0.2) is 0 Å². The Kier molecular flexibility index (Phi) is 4.83. The third-order valence-corrected chi connectivity index (χ3v) is 3.98. The van der Waals surface area contributed by atoms with Gasteiger partial charge in [0.15, 0.2) is 11.5 Å². The molecule has 7 nitrogen and oxygen atoms in total. The number of para-hydroxylation sites is 1. The molecule has 0 unspecified atom stereocenters. The molecule has 130 valence electrons. The molecule has 1 aliphatic rings. The summed E-state index contributed by atoms with van der Waals surface area (Å²) in [6.45, 7) is 2.87. The van der Waals surface area contributed by atoms with E-state index in [4.69, 9.17) is 9.47 Å². The van der Waals surface area contributed by atoms with Crippen LogP contribution in [0.15, 0.2) is 42.5 Å². The van der Waals surface area contributed by atoms with Gasteiger partial charge >= 0.3 is 0 Å². The number of nitro groups is 1. The molecule has 1 N–H and O–H groups in total. The highest BCUT2D eigenvalue weighted by atomic mass is 16.6. The molecule has 1 heterocycles. The molecule has 0 radical (unpaired) electrons. The van der Waals surface area contributed by atoms with E-state index in [0.29, 0.717) is 30.3 Å². The zero-order valence-electron chi connectivity index (χ0n) is 13.7. The average Bonchev–Trinajstić information content (AvgIpc) is 2.61. The monoisotopic (exact) mass is 342 g/mol. The summed E-state index contributed by atoms with van der Waals surface area (Å²) in [5.74, 6) is 1.06. The van der Waals surface area contributed by atoms with Crippen molar-refractivity contribution in [3.63, 3.8) is 0 Å². The third-order valence-electron chi connectivity index (χ3n) is 3.98. The lowest BCUT2D eigenvalue weighted by Gasteiger charge is -2.21. The molecule has 1 amide bonds. The van der Waals surface area contributed by atoms with Gasteiger partial charge in [0.2, 0.25) is 5.91 Å². The van der Waals surface area contributed by atoms with Gasteiger partial charge in [0.25, 0.3) is 5.69 Å². The van der Waals surface area contributed by atoms with E-state index < -0.39 is 4.92 Å². The van der Waals surface area contributed by atoms with Gasteiger partial charge in [-0.2, -0.15) is 0 Å². The fourth-order valence-electron chi connectivity index (χ4n) is 2.72. The third kappa shape index (κ3) is 3.88. The lowest BCUT2D eigenvalue weighted by molar-refractivity contribution is -0.385. The maximum absolute atomic E-state index is 12.3. The number of nitrogens with one attached hydrogen (secondary N) is 1. The van der Waals surface area contributed by atoms with E-state index >= 15 is 0 Å². The predicted octanol–water partition coefficient (Wildman–Crippen LogP) is 2.79. The summed E-state index contributed by atoms with van der Waals surface area (Å²) >= 11 is 0. The summed E-state index contributed by atoms with van der Waals surface area (Å²) in [6.07, 6.45) is -0.0496. The molecular weight excluding hydrogens is 324 g/mol. The highest BCUT2D eigenvalue weighted by molar-refractivity contribution is 5.80. The lowest BCUT2D eigenvalue weighted by Crippen LogP contribution is -2.28. The van der Waals surface area contributed by atoms with Crippen molar-refractivity contribution in [2.24, 2.45) is 0 Å². The summed E-state index contributed by atoms with van der Waals surface area (Å²) in [7, 11) is 0. The zero-order chi connectivity index (χ0) is 17.8. The van der Waals surface area contributed by atoms with Gasteiger partial charge in [-0.15, -0.1) is 0 Å². The van der Waals surface area contributed by atoms with Crippen molar-refractivity contribution < 1.29 is 19.2 Å². The van der Waals surface area contributed by atoms with E-state index in [-0.39, 0.29) is 24.1 Å². The molecule has 0 fully saturated rings. The first-order valence-corrected chi connectivity index (χ1v) is 7.96. The minimum absolute atomic E-state index is 0.0496. The molecule has 0 bridgehead atoms. The number of carbonyl (C=O) groups excluding carboxylic acids is 1. The number of benzene rings is 2. The first-order chi connectivity index (χ1) is 12.0. The Morgan fingerprint density at radius 2 is 1.92 bits per heavy atom. The van der Waals surface area contributed by atoms with Crippen LogP contribution in [-0.4, -0.2) is 24.0 Å². The SMILES string of the molecule is C[C@H](NC(=O)Cc1ccccc1[N+](=O)[O-])c1ccc2c(c1)OCCO2. The number of fused-ring (bicyclic) bond motifs is 1. The zero-order valence-corrected chi connectivity index (χ0v) is 13.7. The van der Waals surface area contributed by atoms with Crippen LogP contribution in [0.1, 0.15) is 24.1 Å². The number of nitrogens with zero attached hydrogens (tertiary/aromatic N) is 1. The summed E-state index contributed by atoms with van der Waals surface area (Å²) < 4.78 is 11.0. The van der Waals surface area contributed by atoms with Gasteiger partial charge < -0.3 is 14.8 Å². The molecule has 3 rings (SSSR count). The van der Waals surface area contributed by atoms with Crippen molar-refractivity contribution in [3.05, 3.63) is 63.7 Å². The van der Waals surface area contributed by atoms with E-state index in [2.05, 4.69) is 5.32 Å². The maximum atomic E-state index is 12.3. The molecule has 1 atom stereocenters. The average molecular weight is 342 g/mol. The van der Waals surface area contributed by atoms with Crippen LogP contribution in [0.2, 0.25) is 0 Å². The predicted molar refractivity (Wildman–Crippen MR) is 90.8 cm³/mol. The van der Waals surface area contributed by atoms with Crippen molar-refractivity contribution in [1.29, 1.82) is 0 Å². The summed E-state index contributed by atoms with van der Waals surface area (Å²) in [5.41, 5.74) is 1.21. The van der Waals surface area contributed by atoms with Crippen LogP contribution in [-0.2, 0) is 11.2 Å². The lowest BCUT2D eigenvalue weighted by atomic mass is 10.1. The van der Waals surface area contributed by atoms with E-state index in [9.17, 15) is 14.9 Å². The summed E-state index contributed by atoms with van der Waals surface area (Å²) in [4.78, 5) is 22.8. The van der Waals surface area contributed by atoms with Crippen LogP contribution in [0.25, 0.3) is 0 Å². The first-order valence-electron chi connectivity index (χ1n) is 7.96. The molecule has 0 spiro atoms. The van der Waals surface area contributed by atoms with Crippen molar-refractivity contribution in [1.82, 2.24) is 5.32 Å². The van der Waals surface area contributed by atoms with Crippen LogP contribution in [0.5, 0.6) is 11.5 Å². The van der Waals surface area contributed by atoms with E-state index in [1.807, 2.05) is 25.1 Å². The highest BCUT2D eigenvalue weighted by Crippen LogP contribution is 2.32. The fourth-order valence-corrected chi connectivity index (χ4v) is 2.72. The minimum Gasteiger partial charge on any atom is -0.486 e. The molecule has 0 aliphatic carbocycles. The molecule has 0 saturated carbocycles. The molecule has 2 aromatic rings. The number of hydrogen-bond acceptors (Lipinski definition) is 5. The molecule has 7 heteroatoms. The van der Waals surface area contributed by atoms with Crippen LogP contribution in [0.3, 0.4) is 0 Å². The second-order valence-corrected chi connectivity index (χ2v) is 5.75. The standard InChI is InChI=1S/C18H18N2O5/c1-12(13-6-7-16-17(10-13)25-9-8-24-16)19-18(21)11-14-4-2-3-5-15(14)20(22)23/h2-7,10,12H,8-9,11H2,1H3,(H,19,21)/t12-/m0/s1. The Balaban J connectivity index is 1.68. The van der Waals surface area contributed by atoms with Crippen molar-refractivity contribution in [2.45, 2.75) is 19.4 Å². The first kappa shape index (κ1) is 16.8. The van der Waals surface area contributed by atoms with Gasteiger partial charge in [0, 0.05) is 11.6 Å². The Morgan fingerprint density at radius 1 is 1.20 bits per heavy atom. The van der Waals surface area contributed by atoms with Crippen molar-refractivity contribution in [3.8, 4) is 11.5 Å². The van der Waals surface area contributed by atoms with Crippen LogP contribution in [0, 0.1) is 10.1 Å². The maximum Gasteiger partial charge on any atom is 0.273 e. The Morgan fingerprint density at radius 3 is 2.68 bits per heavy atom. The molecular formula is C18H18N2O5. The second kappa shape index (κ2) is 7.21. The number of nitro benzene ring substituents is 1. The van der Waals surface area contributed by atoms with E-state index in [1.165, 1.54) is 6.07 Å². The van der Waals surface area contributed by atoms with E-state index in [1.54, 1.807) is 18.2 Å². The number of hydrogen-bond donors (Lipinski definition) is 1. The van der Waals surface area contributed by atoms with Gasteiger partial charge in [0.05, 0.1) is 17.4 Å². The number of rotatable bonds is 5. The minimum atomic E-state index is -0.479. The van der Waals surface area contributed by atoms with Crippen LogP contribution >= 0.6 is 0 Å². The Hall–Kier alpha value is -3.09. The molecule has 0 aromatic heterocycles. The number of carbonyl (C=O) groups is 1. The molecule has 2 aromatic carbocycles. The van der Waals surface area contributed by atoms with Crippen molar-refractivity contribution >= 4 is 11.6 Å².